The quantitative estimate of drug-likeness (QED) is 0.859. The fraction of sp³-hybridized carbons (Fsp3) is 0.625. The fourth-order valence-corrected chi connectivity index (χ4v) is 2.48. The number of nitrogens with zero attached hydrogens (tertiary/aromatic N) is 1. The second-order valence-electron chi connectivity index (χ2n) is 5.84. The molecule has 5 heteroatoms. The van der Waals surface area contributed by atoms with Gasteiger partial charge in [-0.15, -0.1) is 0 Å². The highest BCUT2D eigenvalue weighted by atomic mass is 19.4. The third-order valence-electron chi connectivity index (χ3n) is 3.68. The zero-order valence-electron chi connectivity index (χ0n) is 13.4. The van der Waals surface area contributed by atoms with E-state index in [1.807, 2.05) is 26.0 Å². The molecule has 0 spiro atoms. The van der Waals surface area contributed by atoms with Gasteiger partial charge in [-0.1, -0.05) is 23.8 Å². The predicted octanol–water partition coefficient (Wildman–Crippen LogP) is 3.84. The molecule has 0 amide bonds. The Hall–Kier alpha value is -1.07. The van der Waals surface area contributed by atoms with Crippen LogP contribution in [0, 0.1) is 13.8 Å². The zero-order valence-corrected chi connectivity index (χ0v) is 13.4. The van der Waals surface area contributed by atoms with E-state index in [9.17, 15) is 13.2 Å². The largest absolute Gasteiger partial charge is 0.401 e. The molecule has 0 bridgehead atoms. The molecule has 2 nitrogen and oxygen atoms in total. The van der Waals surface area contributed by atoms with Crippen LogP contribution in [0.2, 0.25) is 0 Å². The van der Waals surface area contributed by atoms with Gasteiger partial charge in [0.1, 0.15) is 0 Å². The molecule has 0 aromatic heterocycles. The van der Waals surface area contributed by atoms with E-state index < -0.39 is 12.7 Å². The molecule has 0 saturated heterocycles. The van der Waals surface area contributed by atoms with Crippen molar-refractivity contribution in [1.29, 1.82) is 0 Å². The molecule has 21 heavy (non-hydrogen) atoms. The van der Waals surface area contributed by atoms with Crippen LogP contribution in [0.25, 0.3) is 0 Å². The van der Waals surface area contributed by atoms with E-state index in [2.05, 4.69) is 11.4 Å². The summed E-state index contributed by atoms with van der Waals surface area (Å²) >= 11 is 0. The number of nitrogens with one attached hydrogen (secondary N) is 1. The number of rotatable bonds is 6. The van der Waals surface area contributed by atoms with Gasteiger partial charge < -0.3 is 5.32 Å². The summed E-state index contributed by atoms with van der Waals surface area (Å²) in [4.78, 5) is 1.46. The molecule has 0 fully saturated rings. The number of aryl methyl sites for hydroxylation is 2. The average molecular weight is 302 g/mol. The highest BCUT2D eigenvalue weighted by molar-refractivity contribution is 5.33. The van der Waals surface area contributed by atoms with Crippen molar-refractivity contribution in [3.8, 4) is 0 Å². The SMILES string of the molecule is CNC(CN(CC(F)(F)F)C(C)C)c1ccc(C)cc1C. The molecule has 1 rings (SSSR count). The summed E-state index contributed by atoms with van der Waals surface area (Å²) in [6.45, 7) is 7.04. The Bertz CT molecular complexity index is 455. The van der Waals surface area contributed by atoms with Crippen molar-refractivity contribution in [1.82, 2.24) is 10.2 Å². The minimum atomic E-state index is -4.18. The third kappa shape index (κ3) is 5.67. The lowest BCUT2D eigenvalue weighted by atomic mass is 9.98. The van der Waals surface area contributed by atoms with Crippen LogP contribution >= 0.6 is 0 Å². The molecular formula is C16H25F3N2. The van der Waals surface area contributed by atoms with Gasteiger partial charge in [0.25, 0.3) is 0 Å². The minimum absolute atomic E-state index is 0.115. The van der Waals surface area contributed by atoms with Gasteiger partial charge in [-0.25, -0.2) is 0 Å². The normalized spacial score (nSPS) is 14.0. The van der Waals surface area contributed by atoms with Gasteiger partial charge in [0.05, 0.1) is 6.54 Å². The summed E-state index contributed by atoms with van der Waals surface area (Å²) in [6, 6.07) is 5.78. The standard InChI is InChI=1S/C16H25F3N2/c1-11(2)21(10-16(17,18)19)9-15(20-5)14-7-6-12(3)8-13(14)4/h6-8,11,15,20H,9-10H2,1-5H3. The first-order valence-electron chi connectivity index (χ1n) is 7.19. The molecule has 1 atom stereocenters. The van der Waals surface area contributed by atoms with Crippen LogP contribution < -0.4 is 5.32 Å². The van der Waals surface area contributed by atoms with Crippen LogP contribution in [-0.4, -0.2) is 37.3 Å². The summed E-state index contributed by atoms with van der Waals surface area (Å²) in [5.41, 5.74) is 3.31. The lowest BCUT2D eigenvalue weighted by Gasteiger charge is -2.32. The van der Waals surface area contributed by atoms with E-state index in [1.165, 1.54) is 4.90 Å². The molecule has 1 N–H and O–H groups in total. The maximum Gasteiger partial charge on any atom is 0.401 e. The Morgan fingerprint density at radius 1 is 1.19 bits per heavy atom. The monoisotopic (exact) mass is 302 g/mol. The molecule has 0 aliphatic carbocycles. The smallest absolute Gasteiger partial charge is 0.312 e. The first kappa shape index (κ1) is 18.0. The van der Waals surface area contributed by atoms with Gasteiger partial charge in [0.2, 0.25) is 0 Å². The Morgan fingerprint density at radius 2 is 1.81 bits per heavy atom. The van der Waals surface area contributed by atoms with Crippen LogP contribution in [-0.2, 0) is 0 Å². The number of likely N-dealkylation sites (N-methyl/N-ethyl adjacent to an activating group) is 1. The number of hydrogen-bond acceptors (Lipinski definition) is 2. The number of alkyl halides is 3. The first-order chi connectivity index (χ1) is 9.64. The van der Waals surface area contributed by atoms with E-state index >= 15 is 0 Å². The number of halogens is 3. The van der Waals surface area contributed by atoms with Crippen molar-refractivity contribution in [2.24, 2.45) is 0 Å². The molecule has 1 aromatic rings. The summed E-state index contributed by atoms with van der Waals surface area (Å²) in [7, 11) is 1.79. The van der Waals surface area contributed by atoms with Crippen molar-refractivity contribution in [2.75, 3.05) is 20.1 Å². The topological polar surface area (TPSA) is 15.3 Å². The summed E-state index contributed by atoms with van der Waals surface area (Å²) in [5.74, 6) is 0. The van der Waals surface area contributed by atoms with E-state index in [0.29, 0.717) is 6.54 Å². The van der Waals surface area contributed by atoms with Crippen LogP contribution in [0.5, 0.6) is 0 Å². The van der Waals surface area contributed by atoms with E-state index in [-0.39, 0.29) is 12.1 Å². The number of hydrogen-bond donors (Lipinski definition) is 1. The lowest BCUT2D eigenvalue weighted by molar-refractivity contribution is -0.150. The van der Waals surface area contributed by atoms with Crippen molar-refractivity contribution >= 4 is 0 Å². The summed E-state index contributed by atoms with van der Waals surface area (Å²) in [5, 5.41) is 3.14. The van der Waals surface area contributed by atoms with Crippen molar-refractivity contribution in [2.45, 2.75) is 46.0 Å². The van der Waals surface area contributed by atoms with E-state index in [1.54, 1.807) is 20.9 Å². The van der Waals surface area contributed by atoms with Crippen molar-refractivity contribution in [3.63, 3.8) is 0 Å². The van der Waals surface area contributed by atoms with E-state index in [4.69, 9.17) is 0 Å². The molecule has 120 valence electrons. The Morgan fingerprint density at radius 3 is 2.24 bits per heavy atom. The maximum absolute atomic E-state index is 12.7. The highest BCUT2D eigenvalue weighted by Gasteiger charge is 2.32. The Labute approximate surface area is 125 Å². The molecule has 1 aromatic carbocycles. The second-order valence-corrected chi connectivity index (χ2v) is 5.84. The summed E-state index contributed by atoms with van der Waals surface area (Å²) < 4.78 is 38.1. The molecule has 0 radical (unpaired) electrons. The van der Waals surface area contributed by atoms with Crippen LogP contribution in [0.3, 0.4) is 0 Å². The molecule has 0 heterocycles. The maximum atomic E-state index is 12.7. The Kier molecular flexibility index (Phi) is 6.23. The van der Waals surface area contributed by atoms with Crippen molar-refractivity contribution in [3.05, 3.63) is 34.9 Å². The van der Waals surface area contributed by atoms with Gasteiger partial charge >= 0.3 is 6.18 Å². The fourth-order valence-electron chi connectivity index (χ4n) is 2.48. The Balaban J connectivity index is 2.93. The van der Waals surface area contributed by atoms with Crippen molar-refractivity contribution < 1.29 is 13.2 Å². The van der Waals surface area contributed by atoms with Crippen LogP contribution in [0.1, 0.15) is 36.6 Å². The number of benzene rings is 1. The average Bonchev–Trinajstić information content (AvgIpc) is 2.33. The molecule has 1 unspecified atom stereocenters. The van der Waals surface area contributed by atoms with Gasteiger partial charge in [0.15, 0.2) is 0 Å². The third-order valence-corrected chi connectivity index (χ3v) is 3.68. The highest BCUT2D eigenvalue weighted by Crippen LogP contribution is 2.23. The molecule has 0 saturated carbocycles. The zero-order chi connectivity index (χ0) is 16.2. The second kappa shape index (κ2) is 7.27. The minimum Gasteiger partial charge on any atom is -0.312 e. The van der Waals surface area contributed by atoms with Gasteiger partial charge in [-0.05, 0) is 45.9 Å². The summed E-state index contributed by atoms with van der Waals surface area (Å²) in [6.07, 6.45) is -4.18. The molecular weight excluding hydrogens is 277 g/mol. The lowest BCUT2D eigenvalue weighted by Crippen LogP contribution is -2.43. The van der Waals surface area contributed by atoms with Gasteiger partial charge in [-0.3, -0.25) is 4.90 Å². The molecule has 0 aliphatic heterocycles. The first-order valence-corrected chi connectivity index (χ1v) is 7.19. The van der Waals surface area contributed by atoms with Crippen LogP contribution in [0.4, 0.5) is 13.2 Å². The van der Waals surface area contributed by atoms with Gasteiger partial charge in [-0.2, -0.15) is 13.2 Å². The predicted molar refractivity (Wildman–Crippen MR) is 80.5 cm³/mol. The van der Waals surface area contributed by atoms with Crippen LogP contribution in [0.15, 0.2) is 18.2 Å². The van der Waals surface area contributed by atoms with E-state index in [0.717, 1.165) is 16.7 Å². The van der Waals surface area contributed by atoms with Gasteiger partial charge in [0, 0.05) is 18.6 Å². The molecule has 0 aliphatic rings.